The van der Waals surface area contributed by atoms with Gasteiger partial charge in [0.15, 0.2) is 0 Å². The zero-order valence-electron chi connectivity index (χ0n) is 11.2. The Kier molecular flexibility index (Phi) is 2.75. The van der Waals surface area contributed by atoms with Crippen LogP contribution >= 0.6 is 0 Å². The first-order valence-electron chi connectivity index (χ1n) is 7.18. The molecule has 94 valence electrons. The Morgan fingerprint density at radius 3 is 2.47 bits per heavy atom. The number of rotatable bonds is 4. The third-order valence-electron chi connectivity index (χ3n) is 5.13. The van der Waals surface area contributed by atoms with Crippen molar-refractivity contribution in [1.82, 2.24) is 0 Å². The molecule has 0 saturated heterocycles. The van der Waals surface area contributed by atoms with Gasteiger partial charge in [-0.1, -0.05) is 12.8 Å². The SMILES string of the molecule is CCC#CC12CC(CC3CC(COC)C3)(C1)C2. The minimum absolute atomic E-state index is 0.492. The lowest BCUT2D eigenvalue weighted by atomic mass is 9.33. The number of hydrogen-bond acceptors (Lipinski definition) is 1. The molecule has 0 aromatic carbocycles. The fraction of sp³-hybridized carbons (Fsp3) is 0.875. The van der Waals surface area contributed by atoms with E-state index in [-0.39, 0.29) is 0 Å². The Hall–Kier alpha value is -0.480. The van der Waals surface area contributed by atoms with Gasteiger partial charge in [-0.3, -0.25) is 0 Å². The lowest BCUT2D eigenvalue weighted by Crippen LogP contribution is -2.61. The first-order chi connectivity index (χ1) is 8.19. The van der Waals surface area contributed by atoms with Crippen LogP contribution in [0.5, 0.6) is 0 Å². The Balaban J connectivity index is 1.40. The topological polar surface area (TPSA) is 9.23 Å². The summed E-state index contributed by atoms with van der Waals surface area (Å²) in [5.74, 6) is 8.66. The summed E-state index contributed by atoms with van der Waals surface area (Å²) in [6.45, 7) is 3.13. The van der Waals surface area contributed by atoms with E-state index in [9.17, 15) is 0 Å². The average Bonchev–Trinajstić information content (AvgIpc) is 2.15. The van der Waals surface area contributed by atoms with Crippen LogP contribution in [0.4, 0.5) is 0 Å². The standard InChI is InChI=1S/C16H24O/c1-3-4-5-15-10-16(11-15,12-15)8-13-6-14(7-13)9-17-2/h13-14H,3,6-12H2,1-2H3. The highest BCUT2D eigenvalue weighted by molar-refractivity contribution is 5.30. The largest absolute Gasteiger partial charge is 0.384 e. The zero-order valence-corrected chi connectivity index (χ0v) is 11.2. The fourth-order valence-electron chi connectivity index (χ4n) is 4.65. The molecule has 0 spiro atoms. The fourth-order valence-corrected chi connectivity index (χ4v) is 4.65. The molecule has 0 heterocycles. The number of ether oxygens (including phenoxy) is 1. The molecular formula is C16H24O. The molecule has 0 N–H and O–H groups in total. The van der Waals surface area contributed by atoms with Gasteiger partial charge in [0.25, 0.3) is 0 Å². The molecule has 0 atom stereocenters. The van der Waals surface area contributed by atoms with E-state index in [0.29, 0.717) is 5.41 Å². The molecule has 0 aromatic heterocycles. The van der Waals surface area contributed by atoms with Crippen molar-refractivity contribution in [3.8, 4) is 11.8 Å². The van der Waals surface area contributed by atoms with Crippen molar-refractivity contribution >= 4 is 0 Å². The van der Waals surface area contributed by atoms with E-state index < -0.39 is 0 Å². The third kappa shape index (κ3) is 1.91. The van der Waals surface area contributed by atoms with Gasteiger partial charge in [0.2, 0.25) is 0 Å². The quantitative estimate of drug-likeness (QED) is 0.673. The molecule has 4 aliphatic carbocycles. The van der Waals surface area contributed by atoms with Gasteiger partial charge in [0.1, 0.15) is 0 Å². The Morgan fingerprint density at radius 1 is 1.18 bits per heavy atom. The van der Waals surface area contributed by atoms with Gasteiger partial charge in [-0.25, -0.2) is 0 Å². The van der Waals surface area contributed by atoms with E-state index in [0.717, 1.165) is 30.3 Å². The van der Waals surface area contributed by atoms with Crippen LogP contribution in [0.1, 0.15) is 51.9 Å². The highest BCUT2D eigenvalue weighted by Crippen LogP contribution is 2.75. The maximum absolute atomic E-state index is 5.22. The monoisotopic (exact) mass is 232 g/mol. The van der Waals surface area contributed by atoms with Crippen molar-refractivity contribution in [2.24, 2.45) is 22.7 Å². The van der Waals surface area contributed by atoms with Crippen LogP contribution in [-0.2, 0) is 4.74 Å². The van der Waals surface area contributed by atoms with Gasteiger partial charge in [0.05, 0.1) is 0 Å². The summed E-state index contributed by atoms with van der Waals surface area (Å²) < 4.78 is 5.22. The molecule has 0 aromatic rings. The summed E-state index contributed by atoms with van der Waals surface area (Å²) >= 11 is 0. The van der Waals surface area contributed by atoms with Gasteiger partial charge in [0, 0.05) is 25.6 Å². The van der Waals surface area contributed by atoms with Crippen LogP contribution in [0.2, 0.25) is 0 Å². The minimum atomic E-state index is 0.492. The summed E-state index contributed by atoms with van der Waals surface area (Å²) in [6, 6.07) is 0. The van der Waals surface area contributed by atoms with Crippen LogP contribution in [0.25, 0.3) is 0 Å². The lowest BCUT2D eigenvalue weighted by Gasteiger charge is -2.70. The van der Waals surface area contributed by atoms with Crippen LogP contribution < -0.4 is 0 Å². The summed E-state index contributed by atoms with van der Waals surface area (Å²) in [5.41, 5.74) is 1.23. The van der Waals surface area contributed by atoms with Crippen LogP contribution in [0.15, 0.2) is 0 Å². The maximum Gasteiger partial charge on any atom is 0.0490 e. The zero-order chi connectivity index (χ0) is 11.9. The van der Waals surface area contributed by atoms with E-state index >= 15 is 0 Å². The second kappa shape index (κ2) is 4.02. The predicted octanol–water partition coefficient (Wildman–Crippen LogP) is 3.63. The maximum atomic E-state index is 5.22. The first-order valence-corrected chi connectivity index (χ1v) is 7.18. The molecule has 4 aliphatic rings. The highest BCUT2D eigenvalue weighted by atomic mass is 16.5. The van der Waals surface area contributed by atoms with Crippen molar-refractivity contribution in [3.05, 3.63) is 0 Å². The lowest BCUT2D eigenvalue weighted by molar-refractivity contribution is -0.181. The predicted molar refractivity (Wildman–Crippen MR) is 69.5 cm³/mol. The molecular weight excluding hydrogens is 208 g/mol. The van der Waals surface area contributed by atoms with E-state index in [4.69, 9.17) is 4.74 Å². The molecule has 0 amide bonds. The van der Waals surface area contributed by atoms with Crippen molar-refractivity contribution in [1.29, 1.82) is 0 Å². The van der Waals surface area contributed by atoms with Gasteiger partial charge in [-0.2, -0.15) is 0 Å². The second-order valence-electron chi connectivity index (χ2n) is 6.83. The minimum Gasteiger partial charge on any atom is -0.384 e. The number of hydrogen-bond donors (Lipinski definition) is 0. The Labute approximate surface area is 105 Å². The summed E-state index contributed by atoms with van der Waals surface area (Å²) in [7, 11) is 1.82. The van der Waals surface area contributed by atoms with Gasteiger partial charge in [-0.05, 0) is 55.8 Å². The van der Waals surface area contributed by atoms with Crippen molar-refractivity contribution in [2.45, 2.75) is 51.9 Å². The van der Waals surface area contributed by atoms with Gasteiger partial charge < -0.3 is 4.74 Å². The van der Waals surface area contributed by atoms with E-state index in [1.165, 1.54) is 38.5 Å². The molecule has 0 radical (unpaired) electrons. The summed E-state index contributed by atoms with van der Waals surface area (Å²) in [4.78, 5) is 0. The number of methoxy groups -OCH3 is 1. The molecule has 17 heavy (non-hydrogen) atoms. The van der Waals surface area contributed by atoms with Crippen molar-refractivity contribution < 1.29 is 4.74 Å². The summed E-state index contributed by atoms with van der Waals surface area (Å²) in [5, 5.41) is 0. The molecule has 4 rings (SSSR count). The van der Waals surface area contributed by atoms with Gasteiger partial charge >= 0.3 is 0 Å². The Morgan fingerprint density at radius 2 is 1.88 bits per heavy atom. The van der Waals surface area contributed by atoms with E-state index in [2.05, 4.69) is 18.8 Å². The van der Waals surface area contributed by atoms with Crippen LogP contribution in [-0.4, -0.2) is 13.7 Å². The molecule has 4 saturated carbocycles. The van der Waals surface area contributed by atoms with Crippen LogP contribution in [0, 0.1) is 34.5 Å². The Bertz CT molecular complexity index is 334. The smallest absolute Gasteiger partial charge is 0.0490 e. The van der Waals surface area contributed by atoms with E-state index in [1.54, 1.807) is 0 Å². The molecule has 2 bridgehead atoms. The highest BCUT2D eigenvalue weighted by Gasteiger charge is 2.67. The first kappa shape index (κ1) is 11.6. The van der Waals surface area contributed by atoms with Crippen molar-refractivity contribution in [3.63, 3.8) is 0 Å². The van der Waals surface area contributed by atoms with Crippen LogP contribution in [0.3, 0.4) is 0 Å². The average molecular weight is 232 g/mol. The molecule has 0 unspecified atom stereocenters. The van der Waals surface area contributed by atoms with E-state index in [1.807, 2.05) is 7.11 Å². The molecule has 4 fully saturated rings. The molecule has 1 heteroatoms. The molecule has 0 aliphatic heterocycles. The molecule has 1 nitrogen and oxygen atoms in total. The second-order valence-corrected chi connectivity index (χ2v) is 6.83. The summed E-state index contributed by atoms with van der Waals surface area (Å²) in [6.07, 6.45) is 9.60. The normalized spacial score (nSPS) is 46.0. The van der Waals surface area contributed by atoms with Crippen molar-refractivity contribution in [2.75, 3.05) is 13.7 Å². The van der Waals surface area contributed by atoms with Gasteiger partial charge in [-0.15, -0.1) is 5.92 Å². The third-order valence-corrected chi connectivity index (χ3v) is 5.13.